The van der Waals surface area contributed by atoms with Crippen molar-refractivity contribution in [3.63, 3.8) is 0 Å². The molecule has 22 heavy (non-hydrogen) atoms. The highest BCUT2D eigenvalue weighted by Crippen LogP contribution is 2.24. The third-order valence-electron chi connectivity index (χ3n) is 3.37. The van der Waals surface area contributed by atoms with Crippen LogP contribution in [-0.4, -0.2) is 19.1 Å². The van der Waals surface area contributed by atoms with E-state index in [1.165, 1.54) is 0 Å². The molecule has 0 unspecified atom stereocenters. The highest BCUT2D eigenvalue weighted by Gasteiger charge is 2.17. The number of carbonyl (C=O) groups excluding carboxylic acids is 1. The number of ether oxygens (including phenoxy) is 2. The van der Waals surface area contributed by atoms with E-state index in [9.17, 15) is 4.79 Å². The van der Waals surface area contributed by atoms with Gasteiger partial charge in [-0.25, -0.2) is 0 Å². The Labute approximate surface area is 131 Å². The Morgan fingerprint density at radius 2 is 1.82 bits per heavy atom. The number of nitrogens with one attached hydrogen (secondary N) is 1. The van der Waals surface area contributed by atoms with Crippen molar-refractivity contribution in [1.82, 2.24) is 0 Å². The van der Waals surface area contributed by atoms with E-state index in [4.69, 9.17) is 9.47 Å². The minimum absolute atomic E-state index is 0.218. The van der Waals surface area contributed by atoms with Crippen molar-refractivity contribution >= 4 is 11.6 Å². The lowest BCUT2D eigenvalue weighted by Gasteiger charge is -2.17. The summed E-state index contributed by atoms with van der Waals surface area (Å²) in [5.74, 6) is 1.12. The molecule has 2 aromatic carbocycles. The van der Waals surface area contributed by atoms with Gasteiger partial charge >= 0.3 is 0 Å². The van der Waals surface area contributed by atoms with Gasteiger partial charge in [-0.2, -0.15) is 0 Å². The zero-order valence-electron chi connectivity index (χ0n) is 13.3. The molecule has 116 valence electrons. The minimum Gasteiger partial charge on any atom is -0.495 e. The number of benzene rings is 2. The second-order valence-electron chi connectivity index (χ2n) is 5.22. The third-order valence-corrected chi connectivity index (χ3v) is 3.37. The first-order valence-corrected chi connectivity index (χ1v) is 7.19. The quantitative estimate of drug-likeness (QED) is 0.915. The Morgan fingerprint density at radius 3 is 2.50 bits per heavy atom. The number of para-hydroxylation sites is 2. The Bertz CT molecular complexity index is 667. The van der Waals surface area contributed by atoms with Gasteiger partial charge in [-0.05, 0) is 44.5 Å². The number of methoxy groups -OCH3 is 1. The number of rotatable bonds is 5. The van der Waals surface area contributed by atoms with Crippen LogP contribution in [0.4, 0.5) is 5.69 Å². The predicted octanol–water partition coefficient (Wildman–Crippen LogP) is 3.72. The molecule has 4 heteroatoms. The van der Waals surface area contributed by atoms with E-state index in [-0.39, 0.29) is 5.91 Å². The van der Waals surface area contributed by atoms with Crippen LogP contribution in [0.1, 0.15) is 18.1 Å². The van der Waals surface area contributed by atoms with Crippen LogP contribution in [0.15, 0.2) is 42.5 Å². The lowest BCUT2D eigenvalue weighted by atomic mass is 10.1. The molecular formula is C18H21NO3. The Balaban J connectivity index is 2.06. The zero-order valence-corrected chi connectivity index (χ0v) is 13.3. The molecule has 0 aliphatic carbocycles. The second-order valence-corrected chi connectivity index (χ2v) is 5.22. The summed E-state index contributed by atoms with van der Waals surface area (Å²) in [6.45, 7) is 5.71. The van der Waals surface area contributed by atoms with Crippen molar-refractivity contribution in [2.24, 2.45) is 0 Å². The molecule has 2 aromatic rings. The highest BCUT2D eigenvalue weighted by molar-refractivity contribution is 5.95. The van der Waals surface area contributed by atoms with Crippen LogP contribution in [-0.2, 0) is 4.79 Å². The molecule has 0 saturated carbocycles. The molecule has 1 N–H and O–H groups in total. The first-order valence-electron chi connectivity index (χ1n) is 7.19. The average Bonchev–Trinajstić information content (AvgIpc) is 2.50. The first kappa shape index (κ1) is 15.9. The molecule has 0 fully saturated rings. The van der Waals surface area contributed by atoms with Crippen LogP contribution >= 0.6 is 0 Å². The average molecular weight is 299 g/mol. The van der Waals surface area contributed by atoms with Gasteiger partial charge in [0, 0.05) is 0 Å². The summed E-state index contributed by atoms with van der Waals surface area (Å²) in [6.07, 6.45) is -0.605. The molecule has 0 radical (unpaired) electrons. The van der Waals surface area contributed by atoms with Crippen LogP contribution in [0.2, 0.25) is 0 Å². The normalized spacial score (nSPS) is 11.6. The molecule has 0 aromatic heterocycles. The van der Waals surface area contributed by atoms with Crippen molar-refractivity contribution in [2.75, 3.05) is 12.4 Å². The van der Waals surface area contributed by atoms with Gasteiger partial charge in [0.05, 0.1) is 12.8 Å². The van der Waals surface area contributed by atoms with Gasteiger partial charge in [-0.3, -0.25) is 4.79 Å². The number of carbonyl (C=O) groups is 1. The number of amides is 1. The molecule has 0 saturated heterocycles. The summed E-state index contributed by atoms with van der Waals surface area (Å²) in [6, 6.07) is 13.2. The van der Waals surface area contributed by atoms with Gasteiger partial charge in [-0.15, -0.1) is 0 Å². The number of aryl methyl sites for hydroxylation is 2. The summed E-state index contributed by atoms with van der Waals surface area (Å²) in [5, 5.41) is 2.82. The van der Waals surface area contributed by atoms with E-state index in [0.717, 1.165) is 11.1 Å². The van der Waals surface area contributed by atoms with Crippen LogP contribution in [0.25, 0.3) is 0 Å². The summed E-state index contributed by atoms with van der Waals surface area (Å²) in [7, 11) is 1.57. The van der Waals surface area contributed by atoms with Crippen LogP contribution in [0, 0.1) is 13.8 Å². The lowest BCUT2D eigenvalue weighted by molar-refractivity contribution is -0.122. The molecule has 0 aliphatic rings. The molecule has 0 aliphatic heterocycles. The standard InChI is InChI=1S/C18H21NO3/c1-12-9-10-16(13(2)11-12)22-14(3)18(20)19-15-7-5-6-8-17(15)21-4/h5-11,14H,1-4H3,(H,19,20)/t14-/m0/s1. The van der Waals surface area contributed by atoms with Crippen molar-refractivity contribution in [1.29, 1.82) is 0 Å². The first-order chi connectivity index (χ1) is 10.5. The Kier molecular flexibility index (Phi) is 5.04. The third kappa shape index (κ3) is 3.79. The fourth-order valence-corrected chi connectivity index (χ4v) is 2.16. The van der Waals surface area contributed by atoms with Crippen molar-refractivity contribution in [3.05, 3.63) is 53.6 Å². The maximum absolute atomic E-state index is 12.3. The SMILES string of the molecule is COc1ccccc1NC(=O)[C@H](C)Oc1ccc(C)cc1C. The number of anilines is 1. The second kappa shape index (κ2) is 6.98. The Morgan fingerprint density at radius 1 is 1.09 bits per heavy atom. The van der Waals surface area contributed by atoms with Crippen LogP contribution in [0.3, 0.4) is 0 Å². The molecule has 2 rings (SSSR count). The molecule has 0 heterocycles. The summed E-state index contributed by atoms with van der Waals surface area (Å²) >= 11 is 0. The maximum Gasteiger partial charge on any atom is 0.265 e. The zero-order chi connectivity index (χ0) is 16.1. The monoisotopic (exact) mass is 299 g/mol. The van der Waals surface area contributed by atoms with Crippen LogP contribution in [0.5, 0.6) is 11.5 Å². The van der Waals surface area contributed by atoms with E-state index >= 15 is 0 Å². The van der Waals surface area contributed by atoms with Gasteiger partial charge in [0.1, 0.15) is 11.5 Å². The topological polar surface area (TPSA) is 47.6 Å². The fourth-order valence-electron chi connectivity index (χ4n) is 2.16. The number of hydrogen-bond acceptors (Lipinski definition) is 3. The fraction of sp³-hybridized carbons (Fsp3) is 0.278. The van der Waals surface area contributed by atoms with Gasteiger partial charge in [0.25, 0.3) is 5.91 Å². The maximum atomic E-state index is 12.3. The molecule has 0 bridgehead atoms. The number of hydrogen-bond donors (Lipinski definition) is 1. The van der Waals surface area contributed by atoms with Crippen molar-refractivity contribution < 1.29 is 14.3 Å². The van der Waals surface area contributed by atoms with E-state index in [0.29, 0.717) is 17.2 Å². The van der Waals surface area contributed by atoms with Crippen molar-refractivity contribution in [3.8, 4) is 11.5 Å². The van der Waals surface area contributed by atoms with Gasteiger partial charge in [0.15, 0.2) is 6.10 Å². The molecule has 1 amide bonds. The molecule has 1 atom stereocenters. The summed E-state index contributed by atoms with van der Waals surface area (Å²) in [5.41, 5.74) is 2.80. The smallest absolute Gasteiger partial charge is 0.265 e. The highest BCUT2D eigenvalue weighted by atomic mass is 16.5. The molecule has 0 spiro atoms. The Hall–Kier alpha value is -2.49. The van der Waals surface area contributed by atoms with E-state index in [1.54, 1.807) is 26.2 Å². The molecular weight excluding hydrogens is 278 g/mol. The van der Waals surface area contributed by atoms with Gasteiger partial charge in [0.2, 0.25) is 0 Å². The van der Waals surface area contributed by atoms with Gasteiger partial charge in [-0.1, -0.05) is 29.8 Å². The van der Waals surface area contributed by atoms with E-state index in [2.05, 4.69) is 5.32 Å². The van der Waals surface area contributed by atoms with Crippen LogP contribution < -0.4 is 14.8 Å². The summed E-state index contributed by atoms with van der Waals surface area (Å²) in [4.78, 5) is 12.3. The largest absolute Gasteiger partial charge is 0.495 e. The predicted molar refractivity (Wildman–Crippen MR) is 87.6 cm³/mol. The van der Waals surface area contributed by atoms with Crippen molar-refractivity contribution in [2.45, 2.75) is 26.9 Å². The van der Waals surface area contributed by atoms with E-state index < -0.39 is 6.10 Å². The minimum atomic E-state index is -0.605. The van der Waals surface area contributed by atoms with E-state index in [1.807, 2.05) is 44.2 Å². The van der Waals surface area contributed by atoms with Gasteiger partial charge < -0.3 is 14.8 Å². The lowest BCUT2D eigenvalue weighted by Crippen LogP contribution is -2.30. The molecule has 4 nitrogen and oxygen atoms in total. The summed E-state index contributed by atoms with van der Waals surface area (Å²) < 4.78 is 11.0.